The summed E-state index contributed by atoms with van der Waals surface area (Å²) in [5.41, 5.74) is 1.54. The Hall–Kier alpha value is -2.49. The van der Waals surface area contributed by atoms with Crippen LogP contribution >= 0.6 is 0 Å². The molecule has 2 aromatic rings. The van der Waals surface area contributed by atoms with Gasteiger partial charge in [0.2, 0.25) is 0 Å². The predicted octanol–water partition coefficient (Wildman–Crippen LogP) is 2.97. The molecule has 2 rings (SSSR count). The Kier molecular flexibility index (Phi) is 4.60. The van der Waals surface area contributed by atoms with Gasteiger partial charge in [0, 0.05) is 11.1 Å². The van der Waals surface area contributed by atoms with Gasteiger partial charge in [-0.2, -0.15) is 0 Å². The number of carbonyl (C=O) groups excluding carboxylic acids is 1. The van der Waals surface area contributed by atoms with E-state index in [0.29, 0.717) is 18.0 Å². The summed E-state index contributed by atoms with van der Waals surface area (Å²) in [5, 5.41) is 0. The number of hydrogen-bond acceptors (Lipinski definition) is 4. The first-order valence-electron chi connectivity index (χ1n) is 6.16. The molecule has 4 heteroatoms. The zero-order chi connectivity index (χ0) is 14.4. The van der Waals surface area contributed by atoms with E-state index >= 15 is 0 Å². The van der Waals surface area contributed by atoms with Crippen molar-refractivity contribution in [3.8, 4) is 11.5 Å². The zero-order valence-corrected chi connectivity index (χ0v) is 11.4. The number of methoxy groups -OCH3 is 2. The van der Waals surface area contributed by atoms with E-state index in [1.54, 1.807) is 14.2 Å². The third-order valence-corrected chi connectivity index (χ3v) is 3.03. The minimum absolute atomic E-state index is 0.434. The summed E-state index contributed by atoms with van der Waals surface area (Å²) >= 11 is 0. The predicted molar refractivity (Wildman–Crippen MR) is 75.0 cm³/mol. The monoisotopic (exact) mass is 272 g/mol. The molecule has 0 bridgehead atoms. The van der Waals surface area contributed by atoms with Gasteiger partial charge in [0.25, 0.3) is 6.47 Å². The molecule has 0 saturated carbocycles. The second-order valence-electron chi connectivity index (χ2n) is 4.10. The van der Waals surface area contributed by atoms with E-state index in [1.165, 1.54) is 0 Å². The van der Waals surface area contributed by atoms with Gasteiger partial charge in [0.1, 0.15) is 11.5 Å². The van der Waals surface area contributed by atoms with E-state index < -0.39 is 6.10 Å². The van der Waals surface area contributed by atoms with E-state index in [2.05, 4.69) is 0 Å². The molecular weight excluding hydrogens is 256 g/mol. The smallest absolute Gasteiger partial charge is 0.294 e. The lowest BCUT2D eigenvalue weighted by atomic mass is 9.99. The summed E-state index contributed by atoms with van der Waals surface area (Å²) < 4.78 is 15.9. The highest BCUT2D eigenvalue weighted by molar-refractivity contribution is 5.49. The maximum Gasteiger partial charge on any atom is 0.294 e. The first kappa shape index (κ1) is 13.9. The molecule has 0 saturated heterocycles. The molecule has 0 spiro atoms. The normalized spacial score (nSPS) is 10.2. The van der Waals surface area contributed by atoms with Crippen molar-refractivity contribution in [3.63, 3.8) is 0 Å². The molecule has 0 amide bonds. The second kappa shape index (κ2) is 6.61. The lowest BCUT2D eigenvalue weighted by molar-refractivity contribution is -0.132. The molecule has 0 unspecified atom stereocenters. The van der Waals surface area contributed by atoms with E-state index in [-0.39, 0.29) is 0 Å². The molecule has 0 heterocycles. The summed E-state index contributed by atoms with van der Waals surface area (Å²) in [4.78, 5) is 10.9. The quantitative estimate of drug-likeness (QED) is 0.758. The van der Waals surface area contributed by atoms with Gasteiger partial charge in [-0.1, -0.05) is 36.4 Å². The van der Waals surface area contributed by atoms with Crippen molar-refractivity contribution >= 4 is 6.47 Å². The van der Waals surface area contributed by atoms with Crippen molar-refractivity contribution in [3.05, 3.63) is 59.7 Å². The van der Waals surface area contributed by atoms with Crippen LogP contribution in [0.5, 0.6) is 11.5 Å². The Labute approximate surface area is 117 Å². The summed E-state index contributed by atoms with van der Waals surface area (Å²) in [6.45, 7) is 0.434. The van der Waals surface area contributed by atoms with Crippen molar-refractivity contribution in [2.75, 3.05) is 14.2 Å². The Bertz CT molecular complexity index is 533. The first-order valence-corrected chi connectivity index (χ1v) is 6.16. The van der Waals surface area contributed by atoms with Crippen molar-refractivity contribution < 1.29 is 19.0 Å². The Morgan fingerprint density at radius 2 is 1.30 bits per heavy atom. The number of para-hydroxylation sites is 2. The average molecular weight is 272 g/mol. The van der Waals surface area contributed by atoms with Gasteiger partial charge in [-0.05, 0) is 12.1 Å². The molecule has 0 N–H and O–H groups in total. The lowest BCUT2D eigenvalue weighted by Crippen LogP contribution is -2.08. The van der Waals surface area contributed by atoms with Gasteiger partial charge in [-0.25, -0.2) is 0 Å². The third-order valence-electron chi connectivity index (χ3n) is 3.03. The lowest BCUT2D eigenvalue weighted by Gasteiger charge is -2.20. The van der Waals surface area contributed by atoms with Crippen molar-refractivity contribution in [2.45, 2.75) is 6.10 Å². The topological polar surface area (TPSA) is 44.8 Å². The Morgan fingerprint density at radius 1 is 0.850 bits per heavy atom. The number of ether oxygens (including phenoxy) is 3. The van der Waals surface area contributed by atoms with E-state index in [1.807, 2.05) is 48.5 Å². The maximum atomic E-state index is 10.9. The fraction of sp³-hybridized carbons (Fsp3) is 0.188. The Balaban J connectivity index is 2.53. The maximum absolute atomic E-state index is 10.9. The van der Waals surface area contributed by atoms with Crippen molar-refractivity contribution in [1.29, 1.82) is 0 Å². The standard InChI is InChI=1S/C16H16O4/c1-18-14-9-5-3-7-12(14)16(20-11-17)13-8-4-6-10-15(13)19-2/h3-11,16H,1-2H3. The molecule has 0 aromatic heterocycles. The fourth-order valence-corrected chi connectivity index (χ4v) is 2.14. The Morgan fingerprint density at radius 3 is 1.70 bits per heavy atom. The van der Waals surface area contributed by atoms with Gasteiger partial charge in [0.15, 0.2) is 6.10 Å². The van der Waals surface area contributed by atoms with Crippen LogP contribution in [0.4, 0.5) is 0 Å². The number of benzene rings is 2. The van der Waals surface area contributed by atoms with Crippen LogP contribution in [0, 0.1) is 0 Å². The largest absolute Gasteiger partial charge is 0.496 e. The molecule has 0 aliphatic rings. The summed E-state index contributed by atoms with van der Waals surface area (Å²) in [5.74, 6) is 1.32. The number of hydrogen-bond donors (Lipinski definition) is 0. The van der Waals surface area contributed by atoms with Gasteiger partial charge in [-0.3, -0.25) is 4.79 Å². The first-order chi connectivity index (χ1) is 9.81. The summed E-state index contributed by atoms with van der Waals surface area (Å²) in [6.07, 6.45) is -0.570. The molecule has 20 heavy (non-hydrogen) atoms. The minimum Gasteiger partial charge on any atom is -0.496 e. The fourth-order valence-electron chi connectivity index (χ4n) is 2.14. The van der Waals surface area contributed by atoms with Crippen LogP contribution < -0.4 is 9.47 Å². The minimum atomic E-state index is -0.570. The van der Waals surface area contributed by atoms with E-state index in [9.17, 15) is 4.79 Å². The molecular formula is C16H16O4. The molecule has 104 valence electrons. The highest BCUT2D eigenvalue weighted by Gasteiger charge is 2.22. The second-order valence-corrected chi connectivity index (χ2v) is 4.10. The molecule has 4 nitrogen and oxygen atoms in total. The van der Waals surface area contributed by atoms with Crippen molar-refractivity contribution in [1.82, 2.24) is 0 Å². The molecule has 0 atom stereocenters. The van der Waals surface area contributed by atoms with Crippen LogP contribution in [-0.4, -0.2) is 20.7 Å². The van der Waals surface area contributed by atoms with Crippen LogP contribution in [0.3, 0.4) is 0 Å². The van der Waals surface area contributed by atoms with Crippen molar-refractivity contribution in [2.24, 2.45) is 0 Å². The highest BCUT2D eigenvalue weighted by Crippen LogP contribution is 2.36. The summed E-state index contributed by atoms with van der Waals surface area (Å²) in [7, 11) is 3.16. The highest BCUT2D eigenvalue weighted by atomic mass is 16.5. The van der Waals surface area contributed by atoms with E-state index in [0.717, 1.165) is 11.1 Å². The molecule has 0 aliphatic heterocycles. The van der Waals surface area contributed by atoms with Gasteiger partial charge >= 0.3 is 0 Å². The van der Waals surface area contributed by atoms with Gasteiger partial charge in [-0.15, -0.1) is 0 Å². The SMILES string of the molecule is COc1ccccc1C(OC=O)c1ccccc1OC. The average Bonchev–Trinajstić information content (AvgIpc) is 2.52. The van der Waals surface area contributed by atoms with Crippen LogP contribution in [0.15, 0.2) is 48.5 Å². The zero-order valence-electron chi connectivity index (χ0n) is 11.4. The van der Waals surface area contributed by atoms with Gasteiger partial charge < -0.3 is 14.2 Å². The van der Waals surface area contributed by atoms with Gasteiger partial charge in [0.05, 0.1) is 14.2 Å². The van der Waals surface area contributed by atoms with Crippen LogP contribution in [0.1, 0.15) is 17.2 Å². The van der Waals surface area contributed by atoms with Crippen LogP contribution in [-0.2, 0) is 9.53 Å². The molecule has 0 radical (unpaired) electrons. The van der Waals surface area contributed by atoms with Crippen LogP contribution in [0.2, 0.25) is 0 Å². The molecule has 2 aromatic carbocycles. The van der Waals surface area contributed by atoms with E-state index in [4.69, 9.17) is 14.2 Å². The summed E-state index contributed by atoms with van der Waals surface area (Å²) in [6, 6.07) is 14.8. The number of rotatable bonds is 6. The molecule has 0 aliphatic carbocycles. The van der Waals surface area contributed by atoms with Crippen LogP contribution in [0.25, 0.3) is 0 Å². The number of carbonyl (C=O) groups is 1. The third kappa shape index (κ3) is 2.74. The molecule has 0 fully saturated rings.